The van der Waals surface area contributed by atoms with Gasteiger partial charge in [-0.3, -0.25) is 9.59 Å². The van der Waals surface area contributed by atoms with Crippen molar-refractivity contribution in [3.05, 3.63) is 71.8 Å². The Morgan fingerprint density at radius 1 is 0.667 bits per heavy atom. The first-order valence-electron chi connectivity index (χ1n) is 9.12. The van der Waals surface area contributed by atoms with E-state index in [1.54, 1.807) is 24.3 Å². The summed E-state index contributed by atoms with van der Waals surface area (Å²) in [5.41, 5.74) is 1.47. The van der Waals surface area contributed by atoms with Crippen LogP contribution in [-0.2, 0) is 9.59 Å². The highest BCUT2D eigenvalue weighted by atomic mass is 16.4. The van der Waals surface area contributed by atoms with Crippen LogP contribution in [-0.4, -0.2) is 35.2 Å². The third-order valence-corrected chi connectivity index (χ3v) is 4.31. The largest absolute Gasteiger partial charge is 0.480 e. The predicted molar refractivity (Wildman–Crippen MR) is 103 cm³/mol. The van der Waals surface area contributed by atoms with Crippen molar-refractivity contribution in [1.29, 1.82) is 0 Å². The van der Waals surface area contributed by atoms with Crippen LogP contribution in [0.3, 0.4) is 0 Å². The van der Waals surface area contributed by atoms with Crippen molar-refractivity contribution in [2.24, 2.45) is 0 Å². The predicted octanol–water partition coefficient (Wildman–Crippen LogP) is 2.99. The van der Waals surface area contributed by atoms with Gasteiger partial charge in [0.15, 0.2) is 0 Å². The first kappa shape index (κ1) is 20.6. The molecule has 0 aliphatic rings. The molecular weight excluding hydrogens is 344 g/mol. The zero-order chi connectivity index (χ0) is 19.5. The Morgan fingerprint density at radius 2 is 1.04 bits per heavy atom. The number of hydrogen-bond acceptors (Lipinski definition) is 4. The maximum Gasteiger partial charge on any atom is 0.325 e. The third-order valence-electron chi connectivity index (χ3n) is 4.31. The van der Waals surface area contributed by atoms with Crippen LogP contribution in [0.1, 0.15) is 42.5 Å². The van der Waals surface area contributed by atoms with Crippen LogP contribution in [0, 0.1) is 0 Å². The van der Waals surface area contributed by atoms with E-state index < -0.39 is 24.0 Å². The number of benzene rings is 2. The maximum atomic E-state index is 11.4. The van der Waals surface area contributed by atoms with Gasteiger partial charge in [0, 0.05) is 0 Å². The number of nitrogens with one attached hydrogen (secondary N) is 2. The second-order valence-corrected chi connectivity index (χ2v) is 6.33. The maximum absolute atomic E-state index is 11.4. The second-order valence-electron chi connectivity index (χ2n) is 6.33. The normalized spacial score (nSPS) is 13.0. The summed E-state index contributed by atoms with van der Waals surface area (Å²) in [5.74, 6) is -1.79. The molecule has 0 bridgehead atoms. The van der Waals surface area contributed by atoms with Crippen molar-refractivity contribution in [1.82, 2.24) is 10.6 Å². The molecule has 0 fully saturated rings. The SMILES string of the molecule is O=C(O)C(NCCCCCNC(C(=O)O)c1ccccc1)c1ccccc1. The highest BCUT2D eigenvalue weighted by molar-refractivity contribution is 5.76. The Hall–Kier alpha value is -2.70. The zero-order valence-corrected chi connectivity index (χ0v) is 15.2. The lowest BCUT2D eigenvalue weighted by atomic mass is 10.1. The van der Waals surface area contributed by atoms with Crippen molar-refractivity contribution in [3.63, 3.8) is 0 Å². The molecule has 0 aromatic heterocycles. The lowest BCUT2D eigenvalue weighted by molar-refractivity contribution is -0.140. The standard InChI is InChI=1S/C21H26N2O4/c24-20(25)18(16-10-4-1-5-11-16)22-14-8-3-9-15-23-19(21(26)27)17-12-6-2-7-13-17/h1-2,4-7,10-13,18-19,22-23H,3,8-9,14-15H2,(H,24,25)(H,26,27). The van der Waals surface area contributed by atoms with E-state index in [0.717, 1.165) is 30.4 Å². The fraction of sp³-hybridized carbons (Fsp3) is 0.333. The number of aliphatic carboxylic acids is 2. The van der Waals surface area contributed by atoms with Crippen LogP contribution < -0.4 is 10.6 Å². The van der Waals surface area contributed by atoms with E-state index in [4.69, 9.17) is 0 Å². The van der Waals surface area contributed by atoms with Gasteiger partial charge in [-0.2, -0.15) is 0 Å². The molecular formula is C21H26N2O4. The van der Waals surface area contributed by atoms with Gasteiger partial charge in [0.05, 0.1) is 0 Å². The lowest BCUT2D eigenvalue weighted by Crippen LogP contribution is -2.30. The number of unbranched alkanes of at least 4 members (excludes halogenated alkanes) is 2. The van der Waals surface area contributed by atoms with Gasteiger partial charge in [-0.15, -0.1) is 0 Å². The number of rotatable bonds is 12. The molecule has 0 radical (unpaired) electrons. The van der Waals surface area contributed by atoms with E-state index in [-0.39, 0.29) is 0 Å². The molecule has 0 spiro atoms. The molecule has 0 aliphatic heterocycles. The molecule has 0 saturated carbocycles. The smallest absolute Gasteiger partial charge is 0.325 e. The molecule has 2 rings (SSSR count). The van der Waals surface area contributed by atoms with Crippen molar-refractivity contribution in [2.75, 3.05) is 13.1 Å². The molecule has 0 amide bonds. The van der Waals surface area contributed by atoms with E-state index in [2.05, 4.69) is 10.6 Å². The summed E-state index contributed by atoms with van der Waals surface area (Å²) in [7, 11) is 0. The van der Waals surface area contributed by atoms with Gasteiger partial charge in [-0.1, -0.05) is 67.1 Å². The highest BCUT2D eigenvalue weighted by Gasteiger charge is 2.19. The number of carboxylic acids is 2. The molecule has 144 valence electrons. The Labute approximate surface area is 159 Å². The van der Waals surface area contributed by atoms with Crippen LogP contribution in [0.2, 0.25) is 0 Å². The molecule has 4 N–H and O–H groups in total. The topological polar surface area (TPSA) is 98.7 Å². The monoisotopic (exact) mass is 370 g/mol. The average Bonchev–Trinajstić information content (AvgIpc) is 2.67. The summed E-state index contributed by atoms with van der Waals surface area (Å²) >= 11 is 0. The van der Waals surface area contributed by atoms with Crippen LogP contribution in [0.5, 0.6) is 0 Å². The third kappa shape index (κ3) is 6.84. The Kier molecular flexibility index (Phi) is 8.48. The average molecular weight is 370 g/mol. The summed E-state index contributed by atoms with van der Waals surface area (Å²) in [6.07, 6.45) is 2.52. The quantitative estimate of drug-likeness (QED) is 0.429. The van der Waals surface area contributed by atoms with E-state index in [0.29, 0.717) is 13.1 Å². The number of carbonyl (C=O) groups is 2. The first-order valence-corrected chi connectivity index (χ1v) is 9.12. The van der Waals surface area contributed by atoms with Crippen LogP contribution >= 0.6 is 0 Å². The molecule has 6 nitrogen and oxygen atoms in total. The summed E-state index contributed by atoms with van der Waals surface area (Å²) in [4.78, 5) is 22.8. The number of carboxylic acid groups (broad SMARTS) is 2. The van der Waals surface area contributed by atoms with Crippen molar-refractivity contribution in [3.8, 4) is 0 Å². The van der Waals surface area contributed by atoms with E-state index in [9.17, 15) is 19.8 Å². The molecule has 2 aromatic rings. The molecule has 27 heavy (non-hydrogen) atoms. The summed E-state index contributed by atoms with van der Waals surface area (Å²) < 4.78 is 0. The van der Waals surface area contributed by atoms with Crippen LogP contribution in [0.25, 0.3) is 0 Å². The van der Waals surface area contributed by atoms with E-state index in [1.807, 2.05) is 36.4 Å². The van der Waals surface area contributed by atoms with Gasteiger partial charge >= 0.3 is 11.9 Å². The zero-order valence-electron chi connectivity index (χ0n) is 15.2. The Morgan fingerprint density at radius 3 is 1.37 bits per heavy atom. The summed E-state index contributed by atoms with van der Waals surface area (Å²) in [6, 6.07) is 16.8. The molecule has 6 heteroatoms. The second kappa shape index (κ2) is 11.1. The molecule has 0 heterocycles. The molecule has 0 aliphatic carbocycles. The van der Waals surface area contributed by atoms with Gasteiger partial charge in [0.1, 0.15) is 12.1 Å². The molecule has 2 unspecified atom stereocenters. The van der Waals surface area contributed by atoms with Crippen molar-refractivity contribution >= 4 is 11.9 Å². The van der Waals surface area contributed by atoms with Crippen molar-refractivity contribution in [2.45, 2.75) is 31.3 Å². The van der Waals surface area contributed by atoms with E-state index in [1.165, 1.54) is 0 Å². The minimum atomic E-state index is -0.893. The Balaban J connectivity index is 1.68. The molecule has 2 atom stereocenters. The fourth-order valence-electron chi connectivity index (χ4n) is 2.91. The molecule has 0 saturated heterocycles. The summed E-state index contributed by atoms with van der Waals surface area (Å²) in [6.45, 7) is 1.18. The van der Waals surface area contributed by atoms with Gasteiger partial charge in [0.2, 0.25) is 0 Å². The van der Waals surface area contributed by atoms with Crippen LogP contribution in [0.15, 0.2) is 60.7 Å². The van der Waals surface area contributed by atoms with Gasteiger partial charge < -0.3 is 20.8 Å². The molecule has 2 aromatic carbocycles. The minimum absolute atomic E-state index is 0.590. The van der Waals surface area contributed by atoms with Gasteiger partial charge in [-0.25, -0.2) is 0 Å². The van der Waals surface area contributed by atoms with Crippen molar-refractivity contribution < 1.29 is 19.8 Å². The lowest BCUT2D eigenvalue weighted by Gasteiger charge is -2.16. The fourth-order valence-corrected chi connectivity index (χ4v) is 2.91. The van der Waals surface area contributed by atoms with Gasteiger partial charge in [-0.05, 0) is 37.1 Å². The minimum Gasteiger partial charge on any atom is -0.480 e. The Bertz CT molecular complexity index is 645. The summed E-state index contributed by atoms with van der Waals surface area (Å²) in [5, 5.41) is 24.9. The van der Waals surface area contributed by atoms with Gasteiger partial charge in [0.25, 0.3) is 0 Å². The number of hydrogen-bond donors (Lipinski definition) is 4. The first-order chi connectivity index (χ1) is 13.1. The highest BCUT2D eigenvalue weighted by Crippen LogP contribution is 2.14. The van der Waals surface area contributed by atoms with E-state index >= 15 is 0 Å². The van der Waals surface area contributed by atoms with Crippen LogP contribution in [0.4, 0.5) is 0 Å².